The third-order valence-corrected chi connectivity index (χ3v) is 3.64. The first-order chi connectivity index (χ1) is 10.3. The van der Waals surface area contributed by atoms with Gasteiger partial charge in [0.2, 0.25) is 5.91 Å². The molecule has 0 fully saturated rings. The SMILES string of the molecule is CC(Nc1ccc2[nH]c(=O)[nH]c2c1)C(=O)N(C(C)C)C(C)C. The van der Waals surface area contributed by atoms with Crippen LogP contribution in [0.15, 0.2) is 23.0 Å². The molecule has 6 nitrogen and oxygen atoms in total. The zero-order valence-electron chi connectivity index (χ0n) is 13.7. The number of imidazole rings is 1. The number of anilines is 1. The molecule has 0 aliphatic carbocycles. The fourth-order valence-corrected chi connectivity index (χ4v) is 2.76. The molecule has 1 unspecified atom stereocenters. The minimum absolute atomic E-state index is 0.0626. The third kappa shape index (κ3) is 3.32. The second-order valence-corrected chi connectivity index (χ2v) is 6.14. The summed E-state index contributed by atoms with van der Waals surface area (Å²) in [6, 6.07) is 5.46. The number of carbonyl (C=O) groups is 1. The van der Waals surface area contributed by atoms with Crippen molar-refractivity contribution < 1.29 is 4.79 Å². The summed E-state index contributed by atoms with van der Waals surface area (Å²) in [6.07, 6.45) is 0. The van der Waals surface area contributed by atoms with Crippen molar-refractivity contribution in [3.05, 3.63) is 28.7 Å². The van der Waals surface area contributed by atoms with Gasteiger partial charge in [0.15, 0.2) is 0 Å². The average Bonchev–Trinajstić information content (AvgIpc) is 2.77. The van der Waals surface area contributed by atoms with Crippen molar-refractivity contribution in [3.8, 4) is 0 Å². The molecule has 1 heterocycles. The van der Waals surface area contributed by atoms with E-state index in [1.165, 1.54) is 0 Å². The minimum Gasteiger partial charge on any atom is -0.374 e. The summed E-state index contributed by atoms with van der Waals surface area (Å²) in [4.78, 5) is 31.2. The van der Waals surface area contributed by atoms with Gasteiger partial charge in [0, 0.05) is 17.8 Å². The zero-order chi connectivity index (χ0) is 16.4. The van der Waals surface area contributed by atoms with Gasteiger partial charge >= 0.3 is 5.69 Å². The lowest BCUT2D eigenvalue weighted by Crippen LogP contribution is -2.48. The van der Waals surface area contributed by atoms with E-state index < -0.39 is 0 Å². The van der Waals surface area contributed by atoms with Gasteiger partial charge in [-0.15, -0.1) is 0 Å². The molecule has 1 amide bonds. The largest absolute Gasteiger partial charge is 0.374 e. The van der Waals surface area contributed by atoms with E-state index in [9.17, 15) is 9.59 Å². The quantitative estimate of drug-likeness (QED) is 0.793. The van der Waals surface area contributed by atoms with Crippen molar-refractivity contribution in [2.24, 2.45) is 0 Å². The van der Waals surface area contributed by atoms with Crippen LogP contribution < -0.4 is 11.0 Å². The smallest absolute Gasteiger partial charge is 0.323 e. The topological polar surface area (TPSA) is 81.0 Å². The van der Waals surface area contributed by atoms with Gasteiger partial charge in [0.25, 0.3) is 0 Å². The van der Waals surface area contributed by atoms with Crippen LogP contribution in [0.1, 0.15) is 34.6 Å². The highest BCUT2D eigenvalue weighted by atomic mass is 16.2. The van der Waals surface area contributed by atoms with E-state index in [-0.39, 0.29) is 29.7 Å². The van der Waals surface area contributed by atoms with Gasteiger partial charge in [-0.1, -0.05) is 0 Å². The molecule has 0 bridgehead atoms. The van der Waals surface area contributed by atoms with Crippen LogP contribution in [-0.2, 0) is 4.79 Å². The average molecular weight is 304 g/mol. The number of aromatic nitrogens is 2. The highest BCUT2D eigenvalue weighted by molar-refractivity contribution is 5.86. The van der Waals surface area contributed by atoms with Gasteiger partial charge in [-0.25, -0.2) is 4.79 Å². The summed E-state index contributed by atoms with van der Waals surface area (Å²) in [5, 5.41) is 3.21. The summed E-state index contributed by atoms with van der Waals surface area (Å²) < 4.78 is 0. The van der Waals surface area contributed by atoms with Gasteiger partial charge in [0.1, 0.15) is 6.04 Å². The van der Waals surface area contributed by atoms with Crippen LogP contribution in [-0.4, -0.2) is 38.9 Å². The first-order valence-corrected chi connectivity index (χ1v) is 7.60. The normalized spacial score (nSPS) is 12.9. The van der Waals surface area contributed by atoms with Gasteiger partial charge in [0.05, 0.1) is 11.0 Å². The van der Waals surface area contributed by atoms with Crippen LogP contribution >= 0.6 is 0 Å². The lowest BCUT2D eigenvalue weighted by molar-refractivity contribution is -0.135. The Morgan fingerprint density at radius 2 is 1.64 bits per heavy atom. The molecule has 6 heteroatoms. The van der Waals surface area contributed by atoms with Crippen LogP contribution in [0.3, 0.4) is 0 Å². The Labute approximate surface area is 129 Å². The summed E-state index contributed by atoms with van der Waals surface area (Å²) in [6.45, 7) is 9.91. The molecule has 1 atom stereocenters. The van der Waals surface area contributed by atoms with Crippen molar-refractivity contribution in [1.82, 2.24) is 14.9 Å². The van der Waals surface area contributed by atoms with Gasteiger partial charge in [-0.2, -0.15) is 0 Å². The van der Waals surface area contributed by atoms with E-state index in [1.54, 1.807) is 0 Å². The van der Waals surface area contributed by atoms with E-state index in [0.717, 1.165) is 16.7 Å². The van der Waals surface area contributed by atoms with Crippen molar-refractivity contribution in [3.63, 3.8) is 0 Å². The maximum atomic E-state index is 12.6. The Morgan fingerprint density at radius 3 is 2.23 bits per heavy atom. The number of aromatic amines is 2. The van der Waals surface area contributed by atoms with Crippen molar-refractivity contribution in [2.45, 2.75) is 52.7 Å². The van der Waals surface area contributed by atoms with Crippen molar-refractivity contribution in [2.75, 3.05) is 5.32 Å². The predicted molar refractivity (Wildman–Crippen MR) is 89.1 cm³/mol. The molecule has 0 saturated heterocycles. The second kappa shape index (κ2) is 6.25. The van der Waals surface area contributed by atoms with Crippen molar-refractivity contribution >= 4 is 22.6 Å². The monoisotopic (exact) mass is 304 g/mol. The number of amides is 1. The maximum Gasteiger partial charge on any atom is 0.323 e. The standard InChI is InChI=1S/C16H24N4O2/c1-9(2)20(10(3)4)15(21)11(5)17-12-6-7-13-14(8-12)19-16(22)18-13/h6-11,17H,1-5H3,(H2,18,19,22). The van der Waals surface area contributed by atoms with Crippen LogP contribution in [0.2, 0.25) is 0 Å². The second-order valence-electron chi connectivity index (χ2n) is 6.14. The molecule has 0 aliphatic rings. The molecular weight excluding hydrogens is 280 g/mol. The fourth-order valence-electron chi connectivity index (χ4n) is 2.76. The van der Waals surface area contributed by atoms with Gasteiger partial charge in [-0.05, 0) is 52.8 Å². The van der Waals surface area contributed by atoms with Gasteiger partial charge in [-0.3, -0.25) is 4.79 Å². The molecule has 2 aromatic rings. The number of hydrogen-bond acceptors (Lipinski definition) is 3. The Bertz CT molecular complexity index is 706. The fraction of sp³-hybridized carbons (Fsp3) is 0.500. The van der Waals surface area contributed by atoms with Crippen LogP contribution in [0.4, 0.5) is 5.69 Å². The van der Waals surface area contributed by atoms with Crippen LogP contribution in [0, 0.1) is 0 Å². The maximum absolute atomic E-state index is 12.6. The number of benzene rings is 1. The van der Waals surface area contributed by atoms with Crippen molar-refractivity contribution in [1.29, 1.82) is 0 Å². The molecule has 0 saturated carbocycles. The summed E-state index contributed by atoms with van der Waals surface area (Å²) in [7, 11) is 0. The first-order valence-electron chi connectivity index (χ1n) is 7.60. The highest BCUT2D eigenvalue weighted by Gasteiger charge is 2.24. The molecule has 0 radical (unpaired) electrons. The molecule has 0 aliphatic heterocycles. The summed E-state index contributed by atoms with van der Waals surface area (Å²) in [5.41, 5.74) is 2.04. The molecule has 22 heavy (non-hydrogen) atoms. The molecule has 3 N–H and O–H groups in total. The lowest BCUT2D eigenvalue weighted by atomic mass is 10.1. The number of rotatable bonds is 5. The Hall–Kier alpha value is -2.24. The van der Waals surface area contributed by atoms with E-state index in [4.69, 9.17) is 0 Å². The van der Waals surface area contributed by atoms with E-state index in [2.05, 4.69) is 15.3 Å². The van der Waals surface area contributed by atoms with E-state index in [1.807, 2.05) is 57.7 Å². The zero-order valence-corrected chi connectivity index (χ0v) is 13.7. The summed E-state index contributed by atoms with van der Waals surface area (Å²) >= 11 is 0. The van der Waals surface area contributed by atoms with Gasteiger partial charge < -0.3 is 20.2 Å². The number of nitrogens with one attached hydrogen (secondary N) is 3. The molecule has 1 aromatic heterocycles. The highest BCUT2D eigenvalue weighted by Crippen LogP contribution is 2.17. The lowest BCUT2D eigenvalue weighted by Gasteiger charge is -2.33. The predicted octanol–water partition coefficient (Wildman–Crippen LogP) is 2.30. The van der Waals surface area contributed by atoms with Crippen LogP contribution in [0.5, 0.6) is 0 Å². The number of hydrogen-bond donors (Lipinski definition) is 3. The molecule has 1 aromatic carbocycles. The number of nitrogens with zero attached hydrogens (tertiary/aromatic N) is 1. The van der Waals surface area contributed by atoms with E-state index in [0.29, 0.717) is 0 Å². The Kier molecular flexibility index (Phi) is 4.59. The number of fused-ring (bicyclic) bond motifs is 1. The number of carbonyl (C=O) groups excluding carboxylic acids is 1. The minimum atomic E-state index is -0.340. The Balaban J connectivity index is 2.16. The summed E-state index contributed by atoms with van der Waals surface area (Å²) in [5.74, 6) is 0.0626. The Morgan fingerprint density at radius 1 is 1.05 bits per heavy atom. The van der Waals surface area contributed by atoms with Crippen LogP contribution in [0.25, 0.3) is 11.0 Å². The third-order valence-electron chi connectivity index (χ3n) is 3.64. The first kappa shape index (κ1) is 16.1. The number of H-pyrrole nitrogens is 2. The van der Waals surface area contributed by atoms with E-state index >= 15 is 0 Å². The molecule has 2 rings (SSSR count). The molecule has 0 spiro atoms. The molecule has 120 valence electrons. The molecular formula is C16H24N4O2.